The lowest BCUT2D eigenvalue weighted by atomic mass is 10.1. The van der Waals surface area contributed by atoms with Crippen LogP contribution in [0.25, 0.3) is 0 Å². The second-order valence-electron chi connectivity index (χ2n) is 5.58. The summed E-state index contributed by atoms with van der Waals surface area (Å²) >= 11 is 0. The van der Waals surface area contributed by atoms with Gasteiger partial charge in [0.1, 0.15) is 17.4 Å². The second-order valence-corrected chi connectivity index (χ2v) is 5.58. The summed E-state index contributed by atoms with van der Waals surface area (Å²) in [6, 6.07) is 14.1. The van der Waals surface area contributed by atoms with E-state index >= 15 is 0 Å². The van der Waals surface area contributed by atoms with Gasteiger partial charge in [-0.15, -0.1) is 0 Å². The Hall–Kier alpha value is -3.46. The number of nitrogen functional groups attached to an aromatic ring is 1. The fraction of sp³-hybridized carbons (Fsp3) is 0.158. The van der Waals surface area contributed by atoms with Crippen LogP contribution in [0.1, 0.15) is 11.1 Å². The van der Waals surface area contributed by atoms with Crippen molar-refractivity contribution < 1.29 is 9.90 Å². The number of phenolic OH excluding ortho intramolecular Hbond substituents is 1. The van der Waals surface area contributed by atoms with Crippen molar-refractivity contribution in [2.24, 2.45) is 0 Å². The van der Waals surface area contributed by atoms with Gasteiger partial charge in [0.15, 0.2) is 0 Å². The lowest BCUT2D eigenvalue weighted by Gasteiger charge is -2.08. The number of aromatic hydroxyl groups is 1. The zero-order valence-corrected chi connectivity index (χ0v) is 13.9. The summed E-state index contributed by atoms with van der Waals surface area (Å²) in [5.74, 6) is -0.260. The molecule has 0 aliphatic rings. The Morgan fingerprint density at radius 3 is 2.68 bits per heavy atom. The fourth-order valence-electron chi connectivity index (χ4n) is 2.17. The van der Waals surface area contributed by atoms with Crippen molar-refractivity contribution in [2.75, 3.05) is 17.6 Å². The molecular formula is C19H20N4O2. The van der Waals surface area contributed by atoms with Crippen LogP contribution in [0.15, 0.2) is 54.2 Å². The third-order valence-corrected chi connectivity index (χ3v) is 3.58. The first kappa shape index (κ1) is 17.9. The Bertz CT molecular complexity index is 820. The van der Waals surface area contributed by atoms with Gasteiger partial charge >= 0.3 is 0 Å². The molecule has 6 nitrogen and oxygen atoms in total. The van der Waals surface area contributed by atoms with Crippen LogP contribution in [0, 0.1) is 18.3 Å². The Labute approximate surface area is 146 Å². The number of nitriles is 1. The van der Waals surface area contributed by atoms with E-state index < -0.39 is 5.91 Å². The minimum Gasteiger partial charge on any atom is -0.508 e. The van der Waals surface area contributed by atoms with E-state index in [4.69, 9.17) is 11.0 Å². The first-order chi connectivity index (χ1) is 12.0. The molecule has 1 amide bonds. The number of nitrogens with zero attached hydrogens (tertiary/aromatic N) is 1. The van der Waals surface area contributed by atoms with Crippen molar-refractivity contribution in [1.29, 1.82) is 5.26 Å². The summed E-state index contributed by atoms with van der Waals surface area (Å²) in [5, 5.41) is 24.0. The molecule has 6 heteroatoms. The first-order valence-corrected chi connectivity index (χ1v) is 7.78. The molecule has 128 valence electrons. The molecule has 0 spiro atoms. The summed E-state index contributed by atoms with van der Waals surface area (Å²) in [5.41, 5.74) is 8.99. The third kappa shape index (κ3) is 5.29. The van der Waals surface area contributed by atoms with E-state index in [-0.39, 0.29) is 11.3 Å². The maximum absolute atomic E-state index is 12.1. The van der Waals surface area contributed by atoms with E-state index in [2.05, 4.69) is 10.6 Å². The van der Waals surface area contributed by atoms with E-state index in [9.17, 15) is 9.90 Å². The molecule has 2 aromatic rings. The number of phenols is 1. The van der Waals surface area contributed by atoms with Crippen LogP contribution >= 0.6 is 0 Å². The van der Waals surface area contributed by atoms with Gasteiger partial charge in [-0.2, -0.15) is 5.26 Å². The normalized spacial score (nSPS) is 10.8. The summed E-state index contributed by atoms with van der Waals surface area (Å²) in [7, 11) is 0. The molecule has 5 N–H and O–H groups in total. The molecule has 2 aromatic carbocycles. The molecule has 0 fully saturated rings. The number of amides is 1. The highest BCUT2D eigenvalue weighted by atomic mass is 16.3. The number of hydrogen-bond acceptors (Lipinski definition) is 5. The number of benzene rings is 2. The lowest BCUT2D eigenvalue weighted by molar-refractivity contribution is -0.117. The van der Waals surface area contributed by atoms with Crippen molar-refractivity contribution in [3.8, 4) is 11.8 Å². The second kappa shape index (κ2) is 8.41. The molecule has 0 unspecified atom stereocenters. The molecule has 0 radical (unpaired) electrons. The Kier molecular flexibility index (Phi) is 6.02. The summed E-state index contributed by atoms with van der Waals surface area (Å²) in [4.78, 5) is 12.1. The maximum Gasteiger partial charge on any atom is 0.263 e. The van der Waals surface area contributed by atoms with Crippen LogP contribution < -0.4 is 16.4 Å². The quantitative estimate of drug-likeness (QED) is 0.368. The summed E-state index contributed by atoms with van der Waals surface area (Å²) in [6.07, 6.45) is 1.95. The highest BCUT2D eigenvalue weighted by molar-refractivity contribution is 5.97. The zero-order valence-electron chi connectivity index (χ0n) is 13.9. The number of rotatable bonds is 6. The van der Waals surface area contributed by atoms with Crippen LogP contribution in [0.3, 0.4) is 0 Å². The molecule has 0 heterocycles. The van der Waals surface area contributed by atoms with Gasteiger partial charge in [0.25, 0.3) is 5.91 Å². The average molecular weight is 336 g/mol. The number of carbonyl (C=O) groups is 1. The molecule has 2 rings (SSSR count). The van der Waals surface area contributed by atoms with E-state index in [1.54, 1.807) is 30.3 Å². The standard InChI is InChI=1S/C19H20N4O2/c1-13-2-7-17(21)18(10-13)23-12-15(11-20)19(25)22-9-8-14-3-5-16(24)6-4-14/h2-7,10,12,23-24H,8-9,21H2,1H3,(H,22,25)/b15-12-. The molecule has 0 aliphatic heterocycles. The molecular weight excluding hydrogens is 316 g/mol. The van der Waals surface area contributed by atoms with Gasteiger partial charge in [0.2, 0.25) is 0 Å². The van der Waals surface area contributed by atoms with Crippen molar-refractivity contribution in [3.05, 3.63) is 65.4 Å². The molecule has 25 heavy (non-hydrogen) atoms. The average Bonchev–Trinajstić information content (AvgIpc) is 2.60. The SMILES string of the molecule is Cc1ccc(N)c(N/C=C(/C#N)C(=O)NCCc2ccc(O)cc2)c1. The fourth-order valence-corrected chi connectivity index (χ4v) is 2.17. The van der Waals surface area contributed by atoms with E-state index in [0.29, 0.717) is 24.3 Å². The molecule has 0 saturated carbocycles. The highest BCUT2D eigenvalue weighted by Crippen LogP contribution is 2.19. The van der Waals surface area contributed by atoms with Crippen LogP contribution in [0.5, 0.6) is 5.75 Å². The van der Waals surface area contributed by atoms with Gasteiger partial charge in [-0.1, -0.05) is 18.2 Å². The first-order valence-electron chi connectivity index (χ1n) is 7.78. The Morgan fingerprint density at radius 1 is 1.28 bits per heavy atom. The van der Waals surface area contributed by atoms with E-state index in [0.717, 1.165) is 11.1 Å². The molecule has 0 aromatic heterocycles. The molecule has 0 bridgehead atoms. The number of aryl methyl sites for hydroxylation is 1. The number of nitrogens with two attached hydrogens (primary N) is 1. The minimum atomic E-state index is -0.458. The largest absolute Gasteiger partial charge is 0.508 e. The van der Waals surface area contributed by atoms with Crippen molar-refractivity contribution in [1.82, 2.24) is 5.32 Å². The van der Waals surface area contributed by atoms with E-state index in [1.807, 2.05) is 25.1 Å². The number of carbonyl (C=O) groups excluding carboxylic acids is 1. The van der Waals surface area contributed by atoms with Gasteiger partial charge in [-0.3, -0.25) is 4.79 Å². The van der Waals surface area contributed by atoms with Gasteiger partial charge in [-0.25, -0.2) is 0 Å². The van der Waals surface area contributed by atoms with Crippen molar-refractivity contribution in [2.45, 2.75) is 13.3 Å². The van der Waals surface area contributed by atoms with Gasteiger partial charge in [0.05, 0.1) is 11.4 Å². The molecule has 0 atom stereocenters. The van der Waals surface area contributed by atoms with Crippen LogP contribution in [0.2, 0.25) is 0 Å². The molecule has 0 aliphatic carbocycles. The number of hydrogen-bond donors (Lipinski definition) is 4. The van der Waals surface area contributed by atoms with Crippen LogP contribution in [-0.4, -0.2) is 17.6 Å². The van der Waals surface area contributed by atoms with E-state index in [1.165, 1.54) is 6.20 Å². The van der Waals surface area contributed by atoms with Crippen LogP contribution in [-0.2, 0) is 11.2 Å². The molecule has 0 saturated heterocycles. The van der Waals surface area contributed by atoms with Gasteiger partial charge in [0, 0.05) is 12.7 Å². The maximum atomic E-state index is 12.1. The van der Waals surface area contributed by atoms with Crippen molar-refractivity contribution >= 4 is 17.3 Å². The number of nitrogens with one attached hydrogen (secondary N) is 2. The third-order valence-electron chi connectivity index (χ3n) is 3.58. The summed E-state index contributed by atoms with van der Waals surface area (Å²) in [6.45, 7) is 2.31. The highest BCUT2D eigenvalue weighted by Gasteiger charge is 2.08. The monoisotopic (exact) mass is 336 g/mol. The van der Waals surface area contributed by atoms with Gasteiger partial charge < -0.3 is 21.5 Å². The van der Waals surface area contributed by atoms with Gasteiger partial charge in [-0.05, 0) is 48.7 Å². The van der Waals surface area contributed by atoms with Crippen molar-refractivity contribution in [3.63, 3.8) is 0 Å². The Morgan fingerprint density at radius 2 is 2.00 bits per heavy atom. The lowest BCUT2D eigenvalue weighted by Crippen LogP contribution is -2.27. The predicted octanol–water partition coefficient (Wildman–Crippen LogP) is 2.46. The zero-order chi connectivity index (χ0) is 18.2. The smallest absolute Gasteiger partial charge is 0.263 e. The summed E-state index contributed by atoms with van der Waals surface area (Å²) < 4.78 is 0. The minimum absolute atomic E-state index is 0.0355. The predicted molar refractivity (Wildman–Crippen MR) is 97.7 cm³/mol. The van der Waals surface area contributed by atoms with Crippen LogP contribution in [0.4, 0.5) is 11.4 Å². The Balaban J connectivity index is 1.92. The number of anilines is 2. The topological polar surface area (TPSA) is 111 Å².